The van der Waals surface area contributed by atoms with Gasteiger partial charge in [0.05, 0.1) is 6.54 Å². The molecule has 0 unspecified atom stereocenters. The molecule has 0 amide bonds. The minimum Gasteiger partial charge on any atom is -0.307 e. The second-order valence-electron chi connectivity index (χ2n) is 3.64. The highest BCUT2D eigenvalue weighted by Gasteiger charge is 2.02. The molecule has 4 heteroatoms. The molecule has 3 nitrogen and oxygen atoms in total. The summed E-state index contributed by atoms with van der Waals surface area (Å²) in [7, 11) is 0. The van der Waals surface area contributed by atoms with Crippen LogP contribution in [-0.4, -0.2) is 9.55 Å². The Balaban J connectivity index is 2.34. The van der Waals surface area contributed by atoms with E-state index in [4.69, 9.17) is 11.6 Å². The molecule has 2 aromatic rings. The average Bonchev–Trinajstić information content (AvgIpc) is 2.25. The number of rotatable bonds is 2. The first-order valence-electron chi connectivity index (χ1n) is 4.93. The number of hydrogen-bond donors (Lipinski definition) is 0. The molecule has 0 radical (unpaired) electrons. The van der Waals surface area contributed by atoms with Crippen molar-refractivity contribution >= 4 is 11.6 Å². The van der Waals surface area contributed by atoms with E-state index in [9.17, 15) is 4.79 Å². The Morgan fingerprint density at radius 1 is 1.44 bits per heavy atom. The maximum absolute atomic E-state index is 11.6. The predicted molar refractivity (Wildman–Crippen MR) is 63.8 cm³/mol. The lowest BCUT2D eigenvalue weighted by atomic mass is 10.1. The van der Waals surface area contributed by atoms with Gasteiger partial charge in [0.2, 0.25) is 0 Å². The van der Waals surface area contributed by atoms with E-state index in [0.717, 1.165) is 5.56 Å². The van der Waals surface area contributed by atoms with E-state index in [0.29, 0.717) is 6.54 Å². The number of aryl methyl sites for hydroxylation is 1. The van der Waals surface area contributed by atoms with Crippen LogP contribution < -0.4 is 5.56 Å². The van der Waals surface area contributed by atoms with E-state index in [1.807, 2.05) is 31.2 Å². The molecule has 0 saturated carbocycles. The monoisotopic (exact) mass is 234 g/mol. The summed E-state index contributed by atoms with van der Waals surface area (Å²) < 4.78 is 1.55. The molecule has 82 valence electrons. The summed E-state index contributed by atoms with van der Waals surface area (Å²) in [6.45, 7) is 2.54. The predicted octanol–water partition coefficient (Wildman–Crippen LogP) is 2.25. The molecule has 0 saturated heterocycles. The fourth-order valence-electron chi connectivity index (χ4n) is 1.55. The van der Waals surface area contributed by atoms with Crippen molar-refractivity contribution in [1.29, 1.82) is 0 Å². The minimum absolute atomic E-state index is 0.00940. The van der Waals surface area contributed by atoms with Crippen LogP contribution in [0.5, 0.6) is 0 Å². The van der Waals surface area contributed by atoms with Crippen LogP contribution in [0.4, 0.5) is 0 Å². The Morgan fingerprint density at radius 2 is 2.25 bits per heavy atom. The minimum atomic E-state index is -0.259. The molecule has 0 aliphatic carbocycles. The van der Waals surface area contributed by atoms with Crippen molar-refractivity contribution in [1.82, 2.24) is 9.55 Å². The lowest BCUT2D eigenvalue weighted by Gasteiger charge is -2.06. The molecule has 1 aromatic heterocycles. The molecule has 0 atom stereocenters. The van der Waals surface area contributed by atoms with E-state index < -0.39 is 0 Å². The van der Waals surface area contributed by atoms with Crippen LogP contribution in [-0.2, 0) is 6.54 Å². The molecule has 1 aromatic carbocycles. The molecule has 0 fully saturated rings. The highest BCUT2D eigenvalue weighted by molar-refractivity contribution is 6.29. The molecular formula is C12H11ClN2O. The Hall–Kier alpha value is -1.61. The van der Waals surface area contributed by atoms with Crippen molar-refractivity contribution in [2.75, 3.05) is 0 Å². The normalized spacial score (nSPS) is 10.4. The van der Waals surface area contributed by atoms with Crippen LogP contribution in [0.15, 0.2) is 41.5 Å². The van der Waals surface area contributed by atoms with Crippen LogP contribution in [0.25, 0.3) is 0 Å². The van der Waals surface area contributed by atoms with Crippen LogP contribution in [0.1, 0.15) is 11.1 Å². The van der Waals surface area contributed by atoms with Gasteiger partial charge >= 0.3 is 0 Å². The van der Waals surface area contributed by atoms with E-state index in [1.165, 1.54) is 11.8 Å². The first-order valence-corrected chi connectivity index (χ1v) is 5.31. The van der Waals surface area contributed by atoms with Crippen molar-refractivity contribution in [2.24, 2.45) is 0 Å². The van der Waals surface area contributed by atoms with Gasteiger partial charge in [0.1, 0.15) is 0 Å². The summed E-state index contributed by atoms with van der Waals surface area (Å²) in [6, 6.07) is 8.01. The van der Waals surface area contributed by atoms with Crippen molar-refractivity contribution in [3.8, 4) is 0 Å². The van der Waals surface area contributed by atoms with E-state index >= 15 is 0 Å². The molecule has 0 aliphatic rings. The first kappa shape index (κ1) is 10.9. The van der Waals surface area contributed by atoms with E-state index in [1.54, 1.807) is 10.8 Å². The maximum Gasteiger partial charge on any atom is 0.288 e. The number of benzene rings is 1. The summed E-state index contributed by atoms with van der Waals surface area (Å²) in [5, 5.41) is 0.00940. The Morgan fingerprint density at radius 3 is 3.00 bits per heavy atom. The summed E-state index contributed by atoms with van der Waals surface area (Å²) in [5.74, 6) is 0. The van der Waals surface area contributed by atoms with E-state index in [-0.39, 0.29) is 10.7 Å². The van der Waals surface area contributed by atoms with Crippen molar-refractivity contribution in [2.45, 2.75) is 13.5 Å². The SMILES string of the molecule is Cc1cccc(Cn2ccnc(Cl)c2=O)c1. The number of aromatic nitrogens is 2. The molecule has 2 rings (SSSR count). The fourth-order valence-corrected chi connectivity index (χ4v) is 1.72. The van der Waals surface area contributed by atoms with Gasteiger partial charge in [0, 0.05) is 12.4 Å². The molecule has 16 heavy (non-hydrogen) atoms. The zero-order valence-electron chi connectivity index (χ0n) is 8.85. The summed E-state index contributed by atoms with van der Waals surface area (Å²) in [4.78, 5) is 15.4. The second-order valence-corrected chi connectivity index (χ2v) is 4.00. The first-order chi connectivity index (χ1) is 7.66. The van der Waals surface area contributed by atoms with Crippen molar-refractivity contribution in [3.63, 3.8) is 0 Å². The van der Waals surface area contributed by atoms with Crippen LogP contribution in [0, 0.1) is 6.92 Å². The van der Waals surface area contributed by atoms with Crippen LogP contribution in [0.2, 0.25) is 5.15 Å². The van der Waals surface area contributed by atoms with Gasteiger partial charge < -0.3 is 4.57 Å². The lowest BCUT2D eigenvalue weighted by molar-refractivity contribution is 0.748. The fraction of sp³-hybridized carbons (Fsp3) is 0.167. The zero-order valence-corrected chi connectivity index (χ0v) is 9.61. The molecule has 0 spiro atoms. The van der Waals surface area contributed by atoms with Gasteiger partial charge in [-0.25, -0.2) is 4.98 Å². The van der Waals surface area contributed by atoms with Crippen molar-refractivity contribution in [3.05, 3.63) is 63.3 Å². The largest absolute Gasteiger partial charge is 0.307 e. The van der Waals surface area contributed by atoms with Crippen LogP contribution in [0.3, 0.4) is 0 Å². The van der Waals surface area contributed by atoms with Crippen LogP contribution >= 0.6 is 11.6 Å². The summed E-state index contributed by atoms with van der Waals surface area (Å²) in [6.07, 6.45) is 3.16. The third-order valence-electron chi connectivity index (χ3n) is 2.31. The average molecular weight is 235 g/mol. The summed E-state index contributed by atoms with van der Waals surface area (Å²) in [5.41, 5.74) is 1.99. The third kappa shape index (κ3) is 2.31. The highest BCUT2D eigenvalue weighted by atomic mass is 35.5. The van der Waals surface area contributed by atoms with Crippen molar-refractivity contribution < 1.29 is 0 Å². The molecule has 0 bridgehead atoms. The molecular weight excluding hydrogens is 224 g/mol. The van der Waals surface area contributed by atoms with E-state index in [2.05, 4.69) is 4.98 Å². The van der Waals surface area contributed by atoms with Gasteiger partial charge in [0.15, 0.2) is 5.15 Å². The Bertz CT molecular complexity index is 563. The van der Waals surface area contributed by atoms with Gasteiger partial charge in [-0.3, -0.25) is 4.79 Å². The number of halogens is 1. The highest BCUT2D eigenvalue weighted by Crippen LogP contribution is 2.05. The zero-order chi connectivity index (χ0) is 11.5. The molecule has 0 aliphatic heterocycles. The third-order valence-corrected chi connectivity index (χ3v) is 2.57. The standard InChI is InChI=1S/C12H11ClN2O/c1-9-3-2-4-10(7-9)8-15-6-5-14-11(13)12(15)16/h2-7H,8H2,1H3. The van der Waals surface area contributed by atoms with Gasteiger partial charge in [0.25, 0.3) is 5.56 Å². The van der Waals surface area contributed by atoms with Gasteiger partial charge in [-0.05, 0) is 12.5 Å². The topological polar surface area (TPSA) is 34.9 Å². The Labute approximate surface area is 98.3 Å². The van der Waals surface area contributed by atoms with Gasteiger partial charge in [-0.1, -0.05) is 41.4 Å². The Kier molecular flexibility index (Phi) is 3.06. The quantitative estimate of drug-likeness (QED) is 0.799. The molecule has 0 N–H and O–H groups in total. The summed E-state index contributed by atoms with van der Waals surface area (Å²) >= 11 is 5.67. The maximum atomic E-state index is 11.6. The van der Waals surface area contributed by atoms with Gasteiger partial charge in [-0.2, -0.15) is 0 Å². The number of nitrogens with zero attached hydrogens (tertiary/aromatic N) is 2. The number of hydrogen-bond acceptors (Lipinski definition) is 2. The second kappa shape index (κ2) is 4.49. The molecule has 1 heterocycles. The van der Waals surface area contributed by atoms with Gasteiger partial charge in [-0.15, -0.1) is 0 Å². The smallest absolute Gasteiger partial charge is 0.288 e. The lowest BCUT2D eigenvalue weighted by Crippen LogP contribution is -2.21.